The Morgan fingerprint density at radius 3 is 2.73 bits per heavy atom. The van der Waals surface area contributed by atoms with Crippen molar-refractivity contribution >= 4 is 17.4 Å². The smallest absolute Gasteiger partial charge is 0.266 e. The van der Waals surface area contributed by atoms with Crippen LogP contribution in [0.4, 0.5) is 0 Å². The van der Waals surface area contributed by atoms with Gasteiger partial charge in [0, 0.05) is 23.7 Å². The molecule has 1 aromatic carbocycles. The zero-order valence-corrected chi connectivity index (χ0v) is 14.6. The van der Waals surface area contributed by atoms with E-state index in [1.54, 1.807) is 24.3 Å². The molecule has 0 fully saturated rings. The van der Waals surface area contributed by atoms with Crippen LogP contribution in [0.15, 0.2) is 47.5 Å². The standard InChI is InChI=1S/C18H15ClN4O3/c1-23-18(26)5-3-13(22-23)7-17(25)16-8-15(20-10-21-16)11-2-4-14(19)12(6-11)9-24/h2-6,8,10,24H,7,9H2,1H3. The monoisotopic (exact) mass is 370 g/mol. The second-order valence-electron chi connectivity index (χ2n) is 5.64. The van der Waals surface area contributed by atoms with Crippen molar-refractivity contribution < 1.29 is 9.90 Å². The highest BCUT2D eigenvalue weighted by molar-refractivity contribution is 6.31. The highest BCUT2D eigenvalue weighted by atomic mass is 35.5. The Labute approximate surface area is 153 Å². The van der Waals surface area contributed by atoms with E-state index in [0.717, 1.165) is 5.56 Å². The molecule has 3 aromatic rings. The first kappa shape index (κ1) is 17.9. The summed E-state index contributed by atoms with van der Waals surface area (Å²) in [7, 11) is 1.53. The average Bonchev–Trinajstić information content (AvgIpc) is 2.65. The molecule has 0 aliphatic carbocycles. The SMILES string of the molecule is Cn1nc(CC(=O)c2cc(-c3ccc(Cl)c(CO)c3)ncn2)ccc1=O. The summed E-state index contributed by atoms with van der Waals surface area (Å²) in [6.45, 7) is -0.193. The lowest BCUT2D eigenvalue weighted by atomic mass is 10.1. The molecule has 0 unspecified atom stereocenters. The van der Waals surface area contributed by atoms with Crippen LogP contribution in [0, 0.1) is 0 Å². The van der Waals surface area contributed by atoms with Crippen LogP contribution in [0.5, 0.6) is 0 Å². The van der Waals surface area contributed by atoms with Gasteiger partial charge in [-0.05, 0) is 29.8 Å². The number of Topliss-reactive ketones (excluding diaryl/α,β-unsaturated/α-hetero) is 1. The molecular formula is C18H15ClN4O3. The first-order valence-electron chi connectivity index (χ1n) is 7.76. The Bertz CT molecular complexity index is 1030. The topological polar surface area (TPSA) is 98.0 Å². The van der Waals surface area contributed by atoms with E-state index in [0.29, 0.717) is 22.0 Å². The van der Waals surface area contributed by atoms with Gasteiger partial charge < -0.3 is 5.11 Å². The number of aryl methyl sites for hydroxylation is 1. The van der Waals surface area contributed by atoms with E-state index >= 15 is 0 Å². The van der Waals surface area contributed by atoms with Crippen LogP contribution in [0.25, 0.3) is 11.3 Å². The number of benzene rings is 1. The molecule has 26 heavy (non-hydrogen) atoms. The zero-order chi connectivity index (χ0) is 18.7. The lowest BCUT2D eigenvalue weighted by Gasteiger charge is -2.07. The summed E-state index contributed by atoms with van der Waals surface area (Å²) >= 11 is 6.00. The summed E-state index contributed by atoms with van der Waals surface area (Å²) in [4.78, 5) is 32.1. The molecule has 0 bridgehead atoms. The molecule has 0 aliphatic rings. The van der Waals surface area contributed by atoms with Gasteiger partial charge in [-0.25, -0.2) is 14.6 Å². The third kappa shape index (κ3) is 3.84. The largest absolute Gasteiger partial charge is 0.392 e. The van der Waals surface area contributed by atoms with Crippen LogP contribution < -0.4 is 5.56 Å². The Hall–Kier alpha value is -2.90. The Balaban J connectivity index is 1.87. The summed E-state index contributed by atoms with van der Waals surface area (Å²) in [6.07, 6.45) is 1.33. The van der Waals surface area contributed by atoms with Gasteiger partial charge in [-0.1, -0.05) is 17.7 Å². The Morgan fingerprint density at radius 2 is 2.00 bits per heavy atom. The van der Waals surface area contributed by atoms with E-state index < -0.39 is 0 Å². The number of aromatic nitrogens is 4. The summed E-state index contributed by atoms with van der Waals surface area (Å²) in [6, 6.07) is 9.61. The van der Waals surface area contributed by atoms with Crippen molar-refractivity contribution in [3.8, 4) is 11.3 Å². The number of hydrogen-bond donors (Lipinski definition) is 1. The maximum absolute atomic E-state index is 12.5. The molecular weight excluding hydrogens is 356 g/mol. The van der Waals surface area contributed by atoms with Crippen LogP contribution in [0.3, 0.4) is 0 Å². The maximum Gasteiger partial charge on any atom is 0.266 e. The van der Waals surface area contributed by atoms with E-state index in [-0.39, 0.29) is 30.1 Å². The highest BCUT2D eigenvalue weighted by Crippen LogP contribution is 2.24. The minimum atomic E-state index is -0.243. The van der Waals surface area contributed by atoms with Gasteiger partial charge in [0.15, 0.2) is 5.78 Å². The van der Waals surface area contributed by atoms with Gasteiger partial charge in [0.05, 0.1) is 24.4 Å². The number of hydrogen-bond acceptors (Lipinski definition) is 6. The summed E-state index contributed by atoms with van der Waals surface area (Å²) < 4.78 is 1.18. The van der Waals surface area contributed by atoms with Gasteiger partial charge in [0.2, 0.25) is 0 Å². The van der Waals surface area contributed by atoms with Crippen molar-refractivity contribution in [2.24, 2.45) is 7.05 Å². The van der Waals surface area contributed by atoms with Gasteiger partial charge >= 0.3 is 0 Å². The number of ketones is 1. The minimum Gasteiger partial charge on any atom is -0.392 e. The van der Waals surface area contributed by atoms with E-state index in [1.807, 2.05) is 0 Å². The number of nitrogens with zero attached hydrogens (tertiary/aromatic N) is 4. The van der Waals surface area contributed by atoms with Gasteiger partial charge in [0.1, 0.15) is 12.0 Å². The molecule has 0 spiro atoms. The molecule has 8 heteroatoms. The fraction of sp³-hybridized carbons (Fsp3) is 0.167. The molecule has 0 radical (unpaired) electrons. The molecule has 132 valence electrons. The fourth-order valence-corrected chi connectivity index (χ4v) is 2.60. The molecule has 2 heterocycles. The molecule has 0 saturated carbocycles. The van der Waals surface area contributed by atoms with Crippen molar-refractivity contribution in [1.29, 1.82) is 0 Å². The Kier molecular flexibility index (Phi) is 5.20. The summed E-state index contributed by atoms with van der Waals surface area (Å²) in [5.74, 6) is -0.240. The maximum atomic E-state index is 12.5. The highest BCUT2D eigenvalue weighted by Gasteiger charge is 2.13. The van der Waals surface area contributed by atoms with Gasteiger partial charge in [0.25, 0.3) is 5.56 Å². The van der Waals surface area contributed by atoms with Gasteiger partial charge in [-0.2, -0.15) is 5.10 Å². The van der Waals surface area contributed by atoms with Crippen LogP contribution in [0.2, 0.25) is 5.02 Å². The number of carbonyl (C=O) groups excluding carboxylic acids is 1. The molecule has 1 N–H and O–H groups in total. The van der Waals surface area contributed by atoms with Crippen molar-refractivity contribution in [2.75, 3.05) is 0 Å². The number of halogens is 1. The molecule has 0 atom stereocenters. The van der Waals surface area contributed by atoms with E-state index in [9.17, 15) is 14.7 Å². The second-order valence-corrected chi connectivity index (χ2v) is 6.05. The molecule has 0 saturated heterocycles. The second kappa shape index (κ2) is 7.55. The van der Waals surface area contributed by atoms with Gasteiger partial charge in [-0.3, -0.25) is 9.59 Å². The number of aliphatic hydroxyl groups excluding tert-OH is 1. The third-order valence-corrected chi connectivity index (χ3v) is 4.19. The summed E-state index contributed by atoms with van der Waals surface area (Å²) in [5, 5.41) is 13.8. The Morgan fingerprint density at radius 1 is 1.19 bits per heavy atom. The van der Waals surface area contributed by atoms with Crippen molar-refractivity contribution in [2.45, 2.75) is 13.0 Å². The number of aliphatic hydroxyl groups is 1. The van der Waals surface area contributed by atoms with Crippen molar-refractivity contribution in [3.63, 3.8) is 0 Å². The first-order valence-corrected chi connectivity index (χ1v) is 8.14. The molecule has 3 rings (SSSR count). The minimum absolute atomic E-state index is 0.0209. The molecule has 0 amide bonds. The lowest BCUT2D eigenvalue weighted by Crippen LogP contribution is -2.20. The van der Waals surface area contributed by atoms with Crippen molar-refractivity contribution in [3.05, 3.63) is 75.1 Å². The quantitative estimate of drug-likeness (QED) is 0.688. The zero-order valence-electron chi connectivity index (χ0n) is 13.9. The fourth-order valence-electron chi connectivity index (χ4n) is 2.42. The van der Waals surface area contributed by atoms with Crippen LogP contribution in [0.1, 0.15) is 21.7 Å². The van der Waals surface area contributed by atoms with Crippen LogP contribution >= 0.6 is 11.6 Å². The number of rotatable bonds is 5. The van der Waals surface area contributed by atoms with E-state index in [2.05, 4.69) is 15.1 Å². The summed E-state index contributed by atoms with van der Waals surface area (Å²) in [5.41, 5.74) is 2.31. The predicted molar refractivity (Wildman–Crippen MR) is 95.9 cm³/mol. The van der Waals surface area contributed by atoms with E-state index in [4.69, 9.17) is 11.6 Å². The average molecular weight is 371 g/mol. The molecule has 2 aromatic heterocycles. The third-order valence-electron chi connectivity index (χ3n) is 3.82. The predicted octanol–water partition coefficient (Wildman–Crippen LogP) is 1.81. The van der Waals surface area contributed by atoms with Crippen molar-refractivity contribution in [1.82, 2.24) is 19.7 Å². The van der Waals surface area contributed by atoms with E-state index in [1.165, 1.54) is 30.2 Å². The van der Waals surface area contributed by atoms with Gasteiger partial charge in [-0.15, -0.1) is 0 Å². The normalized spacial score (nSPS) is 10.7. The molecule has 0 aliphatic heterocycles. The molecule has 7 nitrogen and oxygen atoms in total. The number of carbonyl (C=O) groups is 1. The van der Waals surface area contributed by atoms with Crippen LogP contribution in [-0.4, -0.2) is 30.6 Å². The lowest BCUT2D eigenvalue weighted by molar-refractivity contribution is 0.0986. The van der Waals surface area contributed by atoms with Crippen LogP contribution in [-0.2, 0) is 20.1 Å². The first-order chi connectivity index (χ1) is 12.5.